The molecule has 0 atom stereocenters. The van der Waals surface area contributed by atoms with E-state index in [4.69, 9.17) is 0 Å². The Labute approximate surface area is 146 Å². The molecule has 0 bridgehead atoms. The van der Waals surface area contributed by atoms with E-state index in [0.29, 0.717) is 27.4 Å². The zero-order valence-electron chi connectivity index (χ0n) is 13.5. The molecule has 2 N–H and O–H groups in total. The average Bonchev–Trinajstić information content (AvgIpc) is 2.86. The lowest BCUT2D eigenvalue weighted by molar-refractivity contribution is 0.0701. The van der Waals surface area contributed by atoms with Crippen LogP contribution in [0, 0.1) is 20.8 Å². The second-order valence-corrected chi connectivity index (χ2v) is 7.63. The van der Waals surface area contributed by atoms with Gasteiger partial charge in [-0.05, 0) is 38.0 Å². The van der Waals surface area contributed by atoms with Crippen molar-refractivity contribution in [2.75, 3.05) is 0 Å². The number of aryl methyl sites for hydroxylation is 3. The van der Waals surface area contributed by atoms with Crippen molar-refractivity contribution in [2.45, 2.75) is 31.4 Å². The number of hydrogen-bond donors (Lipinski definition) is 2. The van der Waals surface area contributed by atoms with Crippen LogP contribution in [0.3, 0.4) is 0 Å². The molecule has 3 aromatic rings. The van der Waals surface area contributed by atoms with Crippen molar-refractivity contribution in [3.8, 4) is 0 Å². The molecule has 5 nitrogen and oxygen atoms in total. The minimum atomic E-state index is -1.03. The number of carboxylic acids is 1. The summed E-state index contributed by atoms with van der Waals surface area (Å²) in [6, 6.07) is 6.24. The predicted molar refractivity (Wildman–Crippen MR) is 97.4 cm³/mol. The summed E-state index contributed by atoms with van der Waals surface area (Å²) in [6.45, 7) is 5.73. The van der Waals surface area contributed by atoms with Crippen molar-refractivity contribution in [3.63, 3.8) is 0 Å². The summed E-state index contributed by atoms with van der Waals surface area (Å²) in [6.07, 6.45) is 0. The van der Waals surface area contributed by atoms with E-state index in [2.05, 4.69) is 28.2 Å². The van der Waals surface area contributed by atoms with Crippen LogP contribution in [0.4, 0.5) is 0 Å². The van der Waals surface area contributed by atoms with Crippen LogP contribution in [0.2, 0.25) is 0 Å². The number of benzene rings is 1. The van der Waals surface area contributed by atoms with Gasteiger partial charge in [0.2, 0.25) is 0 Å². The SMILES string of the molecule is Cc1ccc(C)c(SCc2nc3sc(C(=O)O)c(C)c3c(=O)[nH]2)c1. The number of nitrogens with one attached hydrogen (secondary N) is 1. The maximum absolute atomic E-state index is 12.3. The third-order valence-electron chi connectivity index (χ3n) is 3.75. The number of carboxylic acid groups (broad SMARTS) is 1. The molecule has 2 heterocycles. The summed E-state index contributed by atoms with van der Waals surface area (Å²) < 4.78 is 0. The summed E-state index contributed by atoms with van der Waals surface area (Å²) in [5.41, 5.74) is 2.55. The molecule has 0 amide bonds. The number of carbonyl (C=O) groups is 1. The van der Waals surface area contributed by atoms with Gasteiger partial charge in [-0.1, -0.05) is 17.7 Å². The van der Waals surface area contributed by atoms with Crippen LogP contribution in [0.1, 0.15) is 32.2 Å². The normalized spacial score (nSPS) is 11.1. The van der Waals surface area contributed by atoms with Crippen molar-refractivity contribution in [1.29, 1.82) is 0 Å². The van der Waals surface area contributed by atoms with Gasteiger partial charge in [0, 0.05) is 4.90 Å². The Bertz CT molecular complexity index is 1000. The molecule has 0 aliphatic heterocycles. The molecule has 0 aliphatic rings. The molecule has 24 heavy (non-hydrogen) atoms. The van der Waals surface area contributed by atoms with E-state index in [1.54, 1.807) is 18.7 Å². The highest BCUT2D eigenvalue weighted by atomic mass is 32.2. The van der Waals surface area contributed by atoms with E-state index in [-0.39, 0.29) is 10.4 Å². The fraction of sp³-hybridized carbons (Fsp3) is 0.235. The third kappa shape index (κ3) is 3.09. The summed E-state index contributed by atoms with van der Waals surface area (Å²) >= 11 is 2.65. The summed E-state index contributed by atoms with van der Waals surface area (Å²) in [5.74, 6) is 0.0484. The summed E-state index contributed by atoms with van der Waals surface area (Å²) in [7, 11) is 0. The molecule has 0 saturated heterocycles. The van der Waals surface area contributed by atoms with Crippen molar-refractivity contribution < 1.29 is 9.90 Å². The minimum absolute atomic E-state index is 0.169. The highest BCUT2D eigenvalue weighted by Crippen LogP contribution is 2.29. The van der Waals surface area contributed by atoms with Gasteiger partial charge in [0.1, 0.15) is 15.5 Å². The Kier molecular flexibility index (Phi) is 4.47. The Morgan fingerprint density at radius 2 is 2.08 bits per heavy atom. The zero-order valence-corrected chi connectivity index (χ0v) is 15.1. The quantitative estimate of drug-likeness (QED) is 0.690. The molecule has 7 heteroatoms. The first-order valence-corrected chi connectivity index (χ1v) is 9.12. The maximum atomic E-state index is 12.3. The van der Waals surface area contributed by atoms with Gasteiger partial charge in [-0.25, -0.2) is 9.78 Å². The number of thioether (sulfide) groups is 1. The van der Waals surface area contributed by atoms with E-state index in [1.807, 2.05) is 13.8 Å². The Morgan fingerprint density at radius 1 is 1.33 bits per heavy atom. The number of H-pyrrole nitrogens is 1. The lowest BCUT2D eigenvalue weighted by Crippen LogP contribution is -2.11. The number of aromatic amines is 1. The van der Waals surface area contributed by atoms with Crippen molar-refractivity contribution >= 4 is 39.3 Å². The smallest absolute Gasteiger partial charge is 0.346 e. The molecule has 0 radical (unpaired) electrons. The van der Waals surface area contributed by atoms with Gasteiger partial charge in [-0.15, -0.1) is 23.1 Å². The fourth-order valence-corrected chi connectivity index (χ4v) is 4.50. The first kappa shape index (κ1) is 16.7. The highest BCUT2D eigenvalue weighted by molar-refractivity contribution is 7.98. The monoisotopic (exact) mass is 360 g/mol. The predicted octanol–water partition coefficient (Wildman–Crippen LogP) is 3.90. The van der Waals surface area contributed by atoms with E-state index in [1.165, 1.54) is 11.1 Å². The maximum Gasteiger partial charge on any atom is 0.346 e. The highest BCUT2D eigenvalue weighted by Gasteiger charge is 2.18. The molecule has 0 unspecified atom stereocenters. The van der Waals surface area contributed by atoms with E-state index >= 15 is 0 Å². The van der Waals surface area contributed by atoms with Gasteiger partial charge in [-0.3, -0.25) is 4.79 Å². The zero-order chi connectivity index (χ0) is 17.4. The molecular weight excluding hydrogens is 344 g/mol. The van der Waals surface area contributed by atoms with Gasteiger partial charge in [0.05, 0.1) is 11.1 Å². The van der Waals surface area contributed by atoms with Crippen LogP contribution >= 0.6 is 23.1 Å². The number of hydrogen-bond acceptors (Lipinski definition) is 5. The van der Waals surface area contributed by atoms with Crippen molar-refractivity contribution in [2.24, 2.45) is 0 Å². The number of thiophene rings is 1. The fourth-order valence-electron chi connectivity index (χ4n) is 2.47. The standard InChI is InChI=1S/C17H16N2O3S2/c1-8-4-5-9(2)11(6-8)23-7-12-18-15(20)13-10(3)14(17(21)22)24-16(13)19-12/h4-6H,7H2,1-3H3,(H,21,22)(H,18,19,20). The van der Waals surface area contributed by atoms with Crippen LogP contribution in [0.5, 0.6) is 0 Å². The van der Waals surface area contributed by atoms with Gasteiger partial charge < -0.3 is 10.1 Å². The minimum Gasteiger partial charge on any atom is -0.477 e. The second kappa shape index (κ2) is 6.41. The van der Waals surface area contributed by atoms with E-state index in [0.717, 1.165) is 16.2 Å². The molecule has 1 aromatic carbocycles. The van der Waals surface area contributed by atoms with Gasteiger partial charge in [0.25, 0.3) is 5.56 Å². The molecule has 3 rings (SSSR count). The average molecular weight is 360 g/mol. The van der Waals surface area contributed by atoms with Crippen molar-refractivity contribution in [3.05, 3.63) is 55.9 Å². The third-order valence-corrected chi connectivity index (χ3v) is 6.09. The van der Waals surface area contributed by atoms with Gasteiger partial charge >= 0.3 is 5.97 Å². The van der Waals surface area contributed by atoms with E-state index < -0.39 is 5.97 Å². The largest absolute Gasteiger partial charge is 0.477 e. The lowest BCUT2D eigenvalue weighted by Gasteiger charge is -2.06. The molecule has 0 fully saturated rings. The molecule has 0 spiro atoms. The molecule has 2 aromatic heterocycles. The van der Waals surface area contributed by atoms with Crippen molar-refractivity contribution in [1.82, 2.24) is 9.97 Å². The Morgan fingerprint density at radius 3 is 2.79 bits per heavy atom. The van der Waals surface area contributed by atoms with Crippen LogP contribution in [0.15, 0.2) is 27.9 Å². The van der Waals surface area contributed by atoms with Crippen LogP contribution in [0.25, 0.3) is 10.2 Å². The van der Waals surface area contributed by atoms with E-state index in [9.17, 15) is 14.7 Å². The van der Waals surface area contributed by atoms with Crippen LogP contribution < -0.4 is 5.56 Å². The number of rotatable bonds is 4. The second-order valence-electron chi connectivity index (χ2n) is 5.61. The van der Waals surface area contributed by atoms with Gasteiger partial charge in [0.15, 0.2) is 0 Å². The Balaban J connectivity index is 1.95. The number of fused-ring (bicyclic) bond motifs is 1. The first-order chi connectivity index (χ1) is 11.4. The topological polar surface area (TPSA) is 83.0 Å². The lowest BCUT2D eigenvalue weighted by atomic mass is 10.2. The number of aromatic carboxylic acids is 1. The van der Waals surface area contributed by atoms with Crippen LogP contribution in [-0.2, 0) is 5.75 Å². The molecular formula is C17H16N2O3S2. The van der Waals surface area contributed by atoms with Crippen LogP contribution in [-0.4, -0.2) is 21.0 Å². The summed E-state index contributed by atoms with van der Waals surface area (Å²) in [4.78, 5) is 32.5. The first-order valence-electron chi connectivity index (χ1n) is 7.32. The number of aromatic nitrogens is 2. The summed E-state index contributed by atoms with van der Waals surface area (Å²) in [5, 5.41) is 9.57. The molecule has 0 aliphatic carbocycles. The number of nitrogens with zero attached hydrogens (tertiary/aromatic N) is 1. The van der Waals surface area contributed by atoms with Gasteiger partial charge in [-0.2, -0.15) is 0 Å². The molecule has 0 saturated carbocycles. The Hall–Kier alpha value is -2.12. The molecule has 124 valence electrons.